The van der Waals surface area contributed by atoms with Crippen LogP contribution in [-0.4, -0.2) is 26.5 Å². The van der Waals surface area contributed by atoms with Crippen molar-refractivity contribution in [2.45, 2.75) is 40.2 Å². The van der Waals surface area contributed by atoms with Crippen LogP contribution in [0.1, 0.15) is 33.1 Å². The van der Waals surface area contributed by atoms with Gasteiger partial charge in [0, 0.05) is 16.6 Å². The van der Waals surface area contributed by atoms with Gasteiger partial charge < -0.3 is 10.1 Å². The summed E-state index contributed by atoms with van der Waals surface area (Å²) in [5, 5.41) is 6.85. The van der Waals surface area contributed by atoms with Crippen LogP contribution in [0.4, 0.5) is 5.82 Å². The zero-order valence-corrected chi connectivity index (χ0v) is 19.4. The topological polar surface area (TPSA) is 72.8 Å². The number of aromatic nitrogens is 4. The van der Waals surface area contributed by atoms with E-state index in [9.17, 15) is 0 Å². The zero-order valence-electron chi connectivity index (χ0n) is 17.0. The molecule has 0 spiro atoms. The van der Waals surface area contributed by atoms with E-state index >= 15 is 0 Å². The maximum atomic E-state index is 6.30. The predicted molar refractivity (Wildman–Crippen MR) is 124 cm³/mol. The van der Waals surface area contributed by atoms with Crippen molar-refractivity contribution in [3.63, 3.8) is 0 Å². The van der Waals surface area contributed by atoms with Crippen LogP contribution in [0, 0.1) is 20.8 Å². The van der Waals surface area contributed by atoms with E-state index in [0.29, 0.717) is 24.1 Å². The summed E-state index contributed by atoms with van der Waals surface area (Å²) in [4.78, 5) is 18.9. The molecule has 156 valence electrons. The number of pyridine rings is 1. The standard InChI is InChI=1S/C21H22ClN5OS2/c1-12-19(22)26-21(27-20(12)24-11-18-13(2)25-14(3)30-18)28-7-4-5-15-9-17-16(23-10-15)6-8-29-17/h6,8-10H,4-5,7,11H2,1-3H3,(H,24,26,27). The van der Waals surface area contributed by atoms with Gasteiger partial charge in [-0.3, -0.25) is 4.98 Å². The summed E-state index contributed by atoms with van der Waals surface area (Å²) in [5.41, 5.74) is 4.09. The van der Waals surface area contributed by atoms with E-state index in [1.165, 1.54) is 15.1 Å². The van der Waals surface area contributed by atoms with Gasteiger partial charge in [0.05, 0.1) is 34.1 Å². The number of aryl methyl sites for hydroxylation is 3. The summed E-state index contributed by atoms with van der Waals surface area (Å²) in [6.07, 6.45) is 3.66. The minimum Gasteiger partial charge on any atom is -0.463 e. The first-order chi connectivity index (χ1) is 14.5. The van der Waals surface area contributed by atoms with Gasteiger partial charge in [-0.15, -0.1) is 22.7 Å². The Hall–Kier alpha value is -2.29. The Morgan fingerprint density at radius 2 is 2.03 bits per heavy atom. The highest BCUT2D eigenvalue weighted by atomic mass is 35.5. The lowest BCUT2D eigenvalue weighted by molar-refractivity contribution is 0.287. The van der Waals surface area contributed by atoms with Gasteiger partial charge in [-0.1, -0.05) is 11.6 Å². The van der Waals surface area contributed by atoms with Crippen molar-refractivity contribution < 1.29 is 4.74 Å². The maximum Gasteiger partial charge on any atom is 0.319 e. The van der Waals surface area contributed by atoms with Crippen LogP contribution >= 0.6 is 34.3 Å². The lowest BCUT2D eigenvalue weighted by atomic mass is 10.1. The third kappa shape index (κ3) is 4.88. The number of nitrogens with one attached hydrogen (secondary N) is 1. The van der Waals surface area contributed by atoms with Crippen molar-refractivity contribution >= 4 is 50.3 Å². The predicted octanol–water partition coefficient (Wildman–Crippen LogP) is 5.75. The Balaban J connectivity index is 1.34. The van der Waals surface area contributed by atoms with E-state index in [1.807, 2.05) is 33.0 Å². The molecule has 4 aromatic rings. The fourth-order valence-electron chi connectivity index (χ4n) is 3.07. The fourth-order valence-corrected chi connectivity index (χ4v) is 4.91. The van der Waals surface area contributed by atoms with Gasteiger partial charge in [-0.2, -0.15) is 9.97 Å². The number of fused-ring (bicyclic) bond motifs is 1. The molecule has 0 fully saturated rings. The number of thiazole rings is 1. The minimum atomic E-state index is 0.289. The van der Waals surface area contributed by atoms with E-state index in [-0.39, 0.29) is 6.01 Å². The molecule has 4 rings (SSSR count). The number of halogens is 1. The Kier molecular flexibility index (Phi) is 6.46. The van der Waals surface area contributed by atoms with Crippen LogP contribution in [0.2, 0.25) is 5.15 Å². The molecule has 0 atom stereocenters. The van der Waals surface area contributed by atoms with Gasteiger partial charge in [0.15, 0.2) is 0 Å². The first kappa shape index (κ1) is 21.0. The normalized spacial score (nSPS) is 11.2. The van der Waals surface area contributed by atoms with E-state index in [4.69, 9.17) is 16.3 Å². The molecular weight excluding hydrogens is 438 g/mol. The summed E-state index contributed by atoms with van der Waals surface area (Å²) >= 11 is 9.69. The minimum absolute atomic E-state index is 0.289. The van der Waals surface area contributed by atoms with Crippen LogP contribution in [0.3, 0.4) is 0 Å². The quantitative estimate of drug-likeness (QED) is 0.267. The monoisotopic (exact) mass is 459 g/mol. The highest BCUT2D eigenvalue weighted by molar-refractivity contribution is 7.17. The second-order valence-electron chi connectivity index (χ2n) is 6.97. The second-order valence-corrected chi connectivity index (χ2v) is 9.56. The zero-order chi connectivity index (χ0) is 21.1. The molecule has 4 heterocycles. The molecule has 0 radical (unpaired) electrons. The largest absolute Gasteiger partial charge is 0.463 e. The van der Waals surface area contributed by atoms with Crippen molar-refractivity contribution in [3.8, 4) is 6.01 Å². The van der Waals surface area contributed by atoms with Gasteiger partial charge in [0.1, 0.15) is 11.0 Å². The van der Waals surface area contributed by atoms with Gasteiger partial charge in [0.25, 0.3) is 0 Å². The molecule has 0 bridgehead atoms. The molecule has 6 nitrogen and oxygen atoms in total. The molecule has 4 aromatic heterocycles. The summed E-state index contributed by atoms with van der Waals surface area (Å²) in [5.74, 6) is 0.683. The Morgan fingerprint density at radius 1 is 1.17 bits per heavy atom. The van der Waals surface area contributed by atoms with Crippen molar-refractivity contribution in [2.75, 3.05) is 11.9 Å². The maximum absolute atomic E-state index is 6.30. The molecule has 0 aromatic carbocycles. The van der Waals surface area contributed by atoms with Crippen molar-refractivity contribution in [2.24, 2.45) is 0 Å². The Morgan fingerprint density at radius 3 is 2.83 bits per heavy atom. The molecule has 1 N–H and O–H groups in total. The SMILES string of the molecule is Cc1nc(C)c(CNc2nc(OCCCc3cnc4ccsc4c3)nc(Cl)c2C)s1. The van der Waals surface area contributed by atoms with E-state index in [1.54, 1.807) is 22.7 Å². The average molecular weight is 460 g/mol. The number of hydrogen-bond donors (Lipinski definition) is 1. The third-order valence-corrected chi connectivity index (χ3v) is 6.98. The Bertz CT molecular complexity index is 1170. The van der Waals surface area contributed by atoms with Crippen molar-refractivity contribution in [3.05, 3.63) is 55.6 Å². The molecule has 0 saturated carbocycles. The summed E-state index contributed by atoms with van der Waals surface area (Å²) in [6, 6.07) is 4.52. The van der Waals surface area contributed by atoms with Crippen LogP contribution < -0.4 is 10.1 Å². The smallest absolute Gasteiger partial charge is 0.319 e. The highest BCUT2D eigenvalue weighted by Crippen LogP contribution is 2.25. The van der Waals surface area contributed by atoms with Gasteiger partial charge in [-0.05, 0) is 56.7 Å². The van der Waals surface area contributed by atoms with Gasteiger partial charge >= 0.3 is 6.01 Å². The Labute approximate surface area is 188 Å². The molecule has 0 amide bonds. The third-order valence-electron chi connectivity index (χ3n) is 4.68. The van der Waals surface area contributed by atoms with Crippen molar-refractivity contribution in [1.29, 1.82) is 0 Å². The number of nitrogens with zero attached hydrogens (tertiary/aromatic N) is 4. The molecule has 0 aliphatic carbocycles. The molecule has 30 heavy (non-hydrogen) atoms. The van der Waals surface area contributed by atoms with Gasteiger partial charge in [0.2, 0.25) is 0 Å². The van der Waals surface area contributed by atoms with Crippen LogP contribution in [0.25, 0.3) is 10.2 Å². The summed E-state index contributed by atoms with van der Waals surface area (Å²) < 4.78 is 6.99. The molecule has 0 aliphatic heterocycles. The molecule has 0 unspecified atom stereocenters. The molecule has 0 aliphatic rings. The average Bonchev–Trinajstić information content (AvgIpc) is 3.31. The molecular formula is C21H22ClN5OS2. The van der Waals surface area contributed by atoms with Crippen LogP contribution in [0.5, 0.6) is 6.01 Å². The van der Waals surface area contributed by atoms with E-state index in [0.717, 1.165) is 34.6 Å². The number of rotatable bonds is 8. The lowest BCUT2D eigenvalue weighted by Gasteiger charge is -2.11. The number of hydrogen-bond acceptors (Lipinski definition) is 8. The first-order valence-corrected chi connectivity index (χ1v) is 11.7. The molecule has 0 saturated heterocycles. The number of thiophene rings is 1. The highest BCUT2D eigenvalue weighted by Gasteiger charge is 2.12. The molecule has 9 heteroatoms. The first-order valence-electron chi connectivity index (χ1n) is 9.65. The fraction of sp³-hybridized carbons (Fsp3) is 0.333. The van der Waals surface area contributed by atoms with Crippen LogP contribution in [-0.2, 0) is 13.0 Å². The van der Waals surface area contributed by atoms with E-state index < -0.39 is 0 Å². The van der Waals surface area contributed by atoms with E-state index in [2.05, 4.69) is 36.7 Å². The van der Waals surface area contributed by atoms with Crippen molar-refractivity contribution in [1.82, 2.24) is 19.9 Å². The summed E-state index contributed by atoms with van der Waals surface area (Å²) in [6.45, 7) is 7.07. The summed E-state index contributed by atoms with van der Waals surface area (Å²) in [7, 11) is 0. The number of ether oxygens (including phenoxy) is 1. The van der Waals surface area contributed by atoms with Gasteiger partial charge in [-0.25, -0.2) is 4.98 Å². The second kappa shape index (κ2) is 9.24. The van der Waals surface area contributed by atoms with Crippen LogP contribution in [0.15, 0.2) is 23.7 Å². The number of anilines is 1. The lowest BCUT2D eigenvalue weighted by Crippen LogP contribution is -2.08.